The molecule has 0 aromatic heterocycles. The Morgan fingerprint density at radius 2 is 2.12 bits per heavy atom. The first-order valence-electron chi connectivity index (χ1n) is 6.14. The van der Waals surface area contributed by atoms with Crippen LogP contribution in [-0.2, 0) is 6.42 Å². The third-order valence-corrected chi connectivity index (χ3v) is 2.35. The predicted octanol–water partition coefficient (Wildman–Crippen LogP) is 2.87. The summed E-state index contributed by atoms with van der Waals surface area (Å²) < 4.78 is 5.47. The zero-order chi connectivity index (χ0) is 11.8. The first-order chi connectivity index (χ1) is 7.72. The van der Waals surface area contributed by atoms with Crippen LogP contribution in [0.2, 0.25) is 0 Å². The number of hydrogen-bond acceptors (Lipinski definition) is 2. The van der Waals surface area contributed by atoms with Gasteiger partial charge in [-0.1, -0.05) is 26.0 Å². The quantitative estimate of drug-likeness (QED) is 0.715. The van der Waals surface area contributed by atoms with Crippen LogP contribution in [-0.4, -0.2) is 19.7 Å². The molecule has 2 heteroatoms. The van der Waals surface area contributed by atoms with E-state index in [1.54, 1.807) is 0 Å². The maximum atomic E-state index is 5.47. The second-order valence-corrected chi connectivity index (χ2v) is 4.43. The molecule has 0 aliphatic carbocycles. The Bertz CT molecular complexity index is 297. The summed E-state index contributed by atoms with van der Waals surface area (Å²) in [5.41, 5.74) is 1.34. The molecule has 0 spiro atoms. The number of nitrogens with one attached hydrogen (secondary N) is 1. The van der Waals surface area contributed by atoms with E-state index in [-0.39, 0.29) is 0 Å². The van der Waals surface area contributed by atoms with E-state index in [9.17, 15) is 0 Å². The summed E-state index contributed by atoms with van der Waals surface area (Å²) in [4.78, 5) is 0. The Hall–Kier alpha value is -1.02. The van der Waals surface area contributed by atoms with Gasteiger partial charge >= 0.3 is 0 Å². The van der Waals surface area contributed by atoms with Crippen LogP contribution >= 0.6 is 0 Å². The molecule has 16 heavy (non-hydrogen) atoms. The monoisotopic (exact) mass is 221 g/mol. The summed E-state index contributed by atoms with van der Waals surface area (Å²) in [6, 6.07) is 8.34. The van der Waals surface area contributed by atoms with Gasteiger partial charge in [0.05, 0.1) is 6.61 Å². The van der Waals surface area contributed by atoms with Crippen molar-refractivity contribution < 1.29 is 4.74 Å². The van der Waals surface area contributed by atoms with Gasteiger partial charge in [0, 0.05) is 0 Å². The molecule has 1 aromatic carbocycles. The minimum absolute atomic E-state index is 0.717. The van der Waals surface area contributed by atoms with Crippen molar-refractivity contribution in [2.75, 3.05) is 19.7 Å². The topological polar surface area (TPSA) is 21.3 Å². The SMILES string of the molecule is CCOc1cccc(CCNCC(C)C)c1. The second kappa shape index (κ2) is 7.29. The second-order valence-electron chi connectivity index (χ2n) is 4.43. The van der Waals surface area contributed by atoms with Crippen LogP contribution in [0.1, 0.15) is 26.3 Å². The van der Waals surface area contributed by atoms with Gasteiger partial charge in [0.25, 0.3) is 0 Å². The van der Waals surface area contributed by atoms with E-state index in [0.717, 1.165) is 37.8 Å². The van der Waals surface area contributed by atoms with Gasteiger partial charge in [0.1, 0.15) is 5.75 Å². The van der Waals surface area contributed by atoms with E-state index in [0.29, 0.717) is 0 Å². The molecule has 90 valence electrons. The molecule has 0 saturated heterocycles. The molecule has 1 rings (SSSR count). The summed E-state index contributed by atoms with van der Waals surface area (Å²) in [7, 11) is 0. The summed E-state index contributed by atoms with van der Waals surface area (Å²) >= 11 is 0. The van der Waals surface area contributed by atoms with Crippen LogP contribution in [0.5, 0.6) is 5.75 Å². The molecular weight excluding hydrogens is 198 g/mol. The highest BCUT2D eigenvalue weighted by molar-refractivity contribution is 5.28. The van der Waals surface area contributed by atoms with Crippen LogP contribution in [0.25, 0.3) is 0 Å². The molecule has 0 radical (unpaired) electrons. The van der Waals surface area contributed by atoms with Crippen LogP contribution in [0.15, 0.2) is 24.3 Å². The molecule has 1 aromatic rings. The minimum Gasteiger partial charge on any atom is -0.494 e. The van der Waals surface area contributed by atoms with Crippen molar-refractivity contribution in [3.63, 3.8) is 0 Å². The molecule has 0 amide bonds. The zero-order valence-electron chi connectivity index (χ0n) is 10.6. The lowest BCUT2D eigenvalue weighted by Gasteiger charge is -2.08. The molecule has 1 N–H and O–H groups in total. The largest absolute Gasteiger partial charge is 0.494 e. The highest BCUT2D eigenvalue weighted by Gasteiger charge is 1.97. The van der Waals surface area contributed by atoms with Crippen molar-refractivity contribution in [1.29, 1.82) is 0 Å². The highest BCUT2D eigenvalue weighted by atomic mass is 16.5. The fourth-order valence-electron chi connectivity index (χ4n) is 1.58. The van der Waals surface area contributed by atoms with Gasteiger partial charge in [-0.2, -0.15) is 0 Å². The Labute approximate surface area is 99.0 Å². The van der Waals surface area contributed by atoms with Gasteiger partial charge in [-0.05, 0) is 50.0 Å². The van der Waals surface area contributed by atoms with Gasteiger partial charge in [0.2, 0.25) is 0 Å². The van der Waals surface area contributed by atoms with Crippen LogP contribution in [0, 0.1) is 5.92 Å². The molecule has 0 heterocycles. The molecular formula is C14H23NO. The molecule has 0 unspecified atom stereocenters. The predicted molar refractivity (Wildman–Crippen MR) is 69.0 cm³/mol. The van der Waals surface area contributed by atoms with Crippen molar-refractivity contribution in [2.24, 2.45) is 5.92 Å². The molecule has 0 atom stereocenters. The van der Waals surface area contributed by atoms with Crippen LogP contribution in [0.4, 0.5) is 0 Å². The third kappa shape index (κ3) is 5.17. The van der Waals surface area contributed by atoms with Gasteiger partial charge in [-0.3, -0.25) is 0 Å². The molecule has 0 fully saturated rings. The summed E-state index contributed by atoms with van der Waals surface area (Å²) in [6.45, 7) is 9.32. The van der Waals surface area contributed by atoms with Crippen molar-refractivity contribution in [3.05, 3.63) is 29.8 Å². The molecule has 0 aliphatic heterocycles. The van der Waals surface area contributed by atoms with Gasteiger partial charge < -0.3 is 10.1 Å². The summed E-state index contributed by atoms with van der Waals surface area (Å²) in [6.07, 6.45) is 1.06. The van der Waals surface area contributed by atoms with Crippen LogP contribution in [0.3, 0.4) is 0 Å². The Kier molecular flexibility index (Phi) is 5.94. The maximum Gasteiger partial charge on any atom is 0.119 e. The minimum atomic E-state index is 0.717. The van der Waals surface area contributed by atoms with Gasteiger partial charge in [-0.25, -0.2) is 0 Å². The first kappa shape index (κ1) is 13.0. The lowest BCUT2D eigenvalue weighted by atomic mass is 10.1. The van der Waals surface area contributed by atoms with Crippen molar-refractivity contribution in [3.8, 4) is 5.75 Å². The average Bonchev–Trinajstić information content (AvgIpc) is 2.25. The normalized spacial score (nSPS) is 10.8. The number of rotatable bonds is 7. The maximum absolute atomic E-state index is 5.47. The Morgan fingerprint density at radius 1 is 1.31 bits per heavy atom. The standard InChI is InChI=1S/C14H23NO/c1-4-16-14-7-5-6-13(10-14)8-9-15-11-12(2)3/h5-7,10,12,15H,4,8-9,11H2,1-3H3. The fraction of sp³-hybridized carbons (Fsp3) is 0.571. The van der Waals surface area contributed by atoms with Crippen LogP contribution < -0.4 is 10.1 Å². The van der Waals surface area contributed by atoms with E-state index < -0.39 is 0 Å². The highest BCUT2D eigenvalue weighted by Crippen LogP contribution is 2.13. The average molecular weight is 221 g/mol. The summed E-state index contributed by atoms with van der Waals surface area (Å²) in [5.74, 6) is 1.69. The van der Waals surface area contributed by atoms with Crippen molar-refractivity contribution >= 4 is 0 Å². The lowest BCUT2D eigenvalue weighted by Crippen LogP contribution is -2.22. The van der Waals surface area contributed by atoms with Gasteiger partial charge in [0.15, 0.2) is 0 Å². The Morgan fingerprint density at radius 3 is 2.81 bits per heavy atom. The van der Waals surface area contributed by atoms with Gasteiger partial charge in [-0.15, -0.1) is 0 Å². The number of benzene rings is 1. The van der Waals surface area contributed by atoms with E-state index in [2.05, 4.69) is 37.4 Å². The van der Waals surface area contributed by atoms with Crippen molar-refractivity contribution in [1.82, 2.24) is 5.32 Å². The molecule has 0 saturated carbocycles. The van der Waals surface area contributed by atoms with E-state index in [1.807, 2.05) is 13.0 Å². The smallest absolute Gasteiger partial charge is 0.119 e. The number of hydrogen-bond donors (Lipinski definition) is 1. The first-order valence-corrected chi connectivity index (χ1v) is 6.14. The molecule has 0 aliphatic rings. The molecule has 2 nitrogen and oxygen atoms in total. The zero-order valence-corrected chi connectivity index (χ0v) is 10.6. The van der Waals surface area contributed by atoms with E-state index >= 15 is 0 Å². The third-order valence-electron chi connectivity index (χ3n) is 2.35. The molecule has 0 bridgehead atoms. The lowest BCUT2D eigenvalue weighted by molar-refractivity contribution is 0.340. The van der Waals surface area contributed by atoms with E-state index in [1.165, 1.54) is 5.56 Å². The summed E-state index contributed by atoms with van der Waals surface area (Å²) in [5, 5.41) is 3.44. The van der Waals surface area contributed by atoms with Crippen molar-refractivity contribution in [2.45, 2.75) is 27.2 Å². The Balaban J connectivity index is 2.33. The number of ether oxygens (including phenoxy) is 1. The van der Waals surface area contributed by atoms with E-state index in [4.69, 9.17) is 4.74 Å². The fourth-order valence-corrected chi connectivity index (χ4v) is 1.58.